The predicted octanol–water partition coefficient (Wildman–Crippen LogP) is 4.21. The number of benzene rings is 2. The van der Waals surface area contributed by atoms with Gasteiger partial charge >= 0.3 is 5.97 Å². The third-order valence-corrected chi connectivity index (χ3v) is 4.16. The lowest BCUT2D eigenvalue weighted by atomic mass is 9.93. The van der Waals surface area contributed by atoms with Crippen LogP contribution in [0.1, 0.15) is 18.4 Å². The van der Waals surface area contributed by atoms with Gasteiger partial charge in [-0.1, -0.05) is 49.4 Å². The molecule has 2 rings (SSSR count). The number of anilines is 1. The Morgan fingerprint density at radius 2 is 1.71 bits per heavy atom. The van der Waals surface area contributed by atoms with Crippen LogP contribution in [-0.2, 0) is 9.53 Å². The zero-order valence-electron chi connectivity index (χ0n) is 12.0. The number of carbonyl (C=O) groups is 1. The highest BCUT2D eigenvalue weighted by atomic mass is 79.9. The van der Waals surface area contributed by atoms with Crippen LogP contribution < -0.4 is 5.32 Å². The Kier molecular flexibility index (Phi) is 5.39. The standard InChI is InChI=1S/C17H18BrNO2/c1-12(13-8-4-3-5-9-13)16(17(20)21-2)19-15-11-7-6-10-14(15)18/h3-12,16,19H,1-2H3. The molecule has 1 N–H and O–H groups in total. The molecule has 0 saturated heterocycles. The molecule has 0 aliphatic carbocycles. The van der Waals surface area contributed by atoms with E-state index in [4.69, 9.17) is 4.74 Å². The first kappa shape index (κ1) is 15.6. The van der Waals surface area contributed by atoms with Gasteiger partial charge in [-0.25, -0.2) is 4.79 Å². The predicted molar refractivity (Wildman–Crippen MR) is 88.4 cm³/mol. The van der Waals surface area contributed by atoms with Crippen molar-refractivity contribution in [2.24, 2.45) is 0 Å². The molecule has 2 aromatic carbocycles. The minimum Gasteiger partial charge on any atom is -0.467 e. The van der Waals surface area contributed by atoms with Crippen LogP contribution in [0.2, 0.25) is 0 Å². The van der Waals surface area contributed by atoms with Crippen LogP contribution in [0.15, 0.2) is 59.1 Å². The van der Waals surface area contributed by atoms with Crippen LogP contribution in [0, 0.1) is 0 Å². The second kappa shape index (κ2) is 7.27. The number of methoxy groups -OCH3 is 1. The smallest absolute Gasteiger partial charge is 0.328 e. The zero-order valence-corrected chi connectivity index (χ0v) is 13.6. The van der Waals surface area contributed by atoms with Crippen molar-refractivity contribution in [1.29, 1.82) is 0 Å². The van der Waals surface area contributed by atoms with E-state index in [1.54, 1.807) is 0 Å². The average Bonchev–Trinajstić information content (AvgIpc) is 2.53. The fourth-order valence-electron chi connectivity index (χ4n) is 2.21. The van der Waals surface area contributed by atoms with E-state index in [1.165, 1.54) is 7.11 Å². The zero-order chi connectivity index (χ0) is 15.2. The molecule has 21 heavy (non-hydrogen) atoms. The summed E-state index contributed by atoms with van der Waals surface area (Å²) in [5.74, 6) is -0.284. The second-order valence-corrected chi connectivity index (χ2v) is 5.68. The number of para-hydroxylation sites is 1. The summed E-state index contributed by atoms with van der Waals surface area (Å²) in [7, 11) is 1.41. The Bertz CT molecular complexity index is 601. The molecule has 0 saturated carbocycles. The van der Waals surface area contributed by atoms with E-state index in [0.29, 0.717) is 0 Å². The minimum atomic E-state index is -0.448. The Labute approximate surface area is 133 Å². The van der Waals surface area contributed by atoms with Crippen LogP contribution in [0.25, 0.3) is 0 Å². The van der Waals surface area contributed by atoms with Crippen molar-refractivity contribution in [2.75, 3.05) is 12.4 Å². The first-order valence-corrected chi connectivity index (χ1v) is 7.56. The highest BCUT2D eigenvalue weighted by molar-refractivity contribution is 9.10. The fourth-order valence-corrected chi connectivity index (χ4v) is 2.61. The van der Waals surface area contributed by atoms with Crippen molar-refractivity contribution < 1.29 is 9.53 Å². The molecule has 0 aliphatic heterocycles. The molecule has 0 spiro atoms. The molecule has 2 unspecified atom stereocenters. The topological polar surface area (TPSA) is 38.3 Å². The molecule has 4 heteroatoms. The molecule has 2 atom stereocenters. The summed E-state index contributed by atoms with van der Waals surface area (Å²) in [5.41, 5.74) is 1.96. The Morgan fingerprint density at radius 1 is 1.10 bits per heavy atom. The third kappa shape index (κ3) is 3.85. The van der Waals surface area contributed by atoms with Crippen molar-refractivity contribution in [2.45, 2.75) is 18.9 Å². The maximum absolute atomic E-state index is 12.1. The maximum Gasteiger partial charge on any atom is 0.328 e. The Morgan fingerprint density at radius 3 is 2.33 bits per heavy atom. The number of hydrogen-bond donors (Lipinski definition) is 1. The lowest BCUT2D eigenvalue weighted by molar-refractivity contribution is -0.142. The summed E-state index contributed by atoms with van der Waals surface area (Å²) in [6.07, 6.45) is 0. The van der Waals surface area contributed by atoms with Gasteiger partial charge in [-0.2, -0.15) is 0 Å². The molecule has 0 heterocycles. The molecule has 2 aromatic rings. The lowest BCUT2D eigenvalue weighted by Gasteiger charge is -2.24. The number of carbonyl (C=O) groups excluding carboxylic acids is 1. The van der Waals surface area contributed by atoms with E-state index in [9.17, 15) is 4.79 Å². The summed E-state index contributed by atoms with van der Waals surface area (Å²) < 4.78 is 5.87. The van der Waals surface area contributed by atoms with E-state index in [2.05, 4.69) is 21.2 Å². The maximum atomic E-state index is 12.1. The lowest BCUT2D eigenvalue weighted by Crippen LogP contribution is -2.35. The summed E-state index contributed by atoms with van der Waals surface area (Å²) in [6.45, 7) is 2.01. The summed E-state index contributed by atoms with van der Waals surface area (Å²) in [5, 5.41) is 3.27. The molecular formula is C17H18BrNO2. The van der Waals surface area contributed by atoms with E-state index >= 15 is 0 Å². The van der Waals surface area contributed by atoms with Crippen LogP contribution >= 0.6 is 15.9 Å². The molecule has 0 fully saturated rings. The van der Waals surface area contributed by atoms with Crippen molar-refractivity contribution in [3.8, 4) is 0 Å². The first-order valence-electron chi connectivity index (χ1n) is 6.77. The number of esters is 1. The molecule has 3 nitrogen and oxygen atoms in total. The van der Waals surface area contributed by atoms with Crippen LogP contribution in [0.4, 0.5) is 5.69 Å². The molecular weight excluding hydrogens is 330 g/mol. The van der Waals surface area contributed by atoms with Gasteiger partial charge in [-0.15, -0.1) is 0 Å². The first-order chi connectivity index (χ1) is 10.1. The molecule has 0 amide bonds. The SMILES string of the molecule is COC(=O)C(Nc1ccccc1Br)C(C)c1ccccc1. The Balaban J connectivity index is 2.27. The van der Waals surface area contributed by atoms with Gasteiger partial charge in [-0.05, 0) is 33.6 Å². The van der Waals surface area contributed by atoms with Crippen LogP contribution in [-0.4, -0.2) is 19.1 Å². The van der Waals surface area contributed by atoms with Gasteiger partial charge in [0.05, 0.1) is 7.11 Å². The van der Waals surface area contributed by atoms with Crippen LogP contribution in [0.3, 0.4) is 0 Å². The highest BCUT2D eigenvalue weighted by Gasteiger charge is 2.27. The molecule has 0 aliphatic rings. The average molecular weight is 348 g/mol. The summed E-state index contributed by atoms with van der Waals surface area (Å²) in [6, 6.07) is 17.2. The quantitative estimate of drug-likeness (QED) is 0.823. The van der Waals surface area contributed by atoms with Gasteiger partial charge in [0, 0.05) is 16.1 Å². The van der Waals surface area contributed by atoms with Crippen molar-refractivity contribution in [3.05, 3.63) is 64.6 Å². The van der Waals surface area contributed by atoms with Crippen LogP contribution in [0.5, 0.6) is 0 Å². The third-order valence-electron chi connectivity index (χ3n) is 3.47. The van der Waals surface area contributed by atoms with Gasteiger partial charge in [-0.3, -0.25) is 0 Å². The highest BCUT2D eigenvalue weighted by Crippen LogP contribution is 2.27. The van der Waals surface area contributed by atoms with Gasteiger partial charge in [0.25, 0.3) is 0 Å². The molecule has 0 aromatic heterocycles. The largest absolute Gasteiger partial charge is 0.467 e. The van der Waals surface area contributed by atoms with E-state index in [-0.39, 0.29) is 11.9 Å². The molecule has 110 valence electrons. The van der Waals surface area contributed by atoms with E-state index in [0.717, 1.165) is 15.7 Å². The Hall–Kier alpha value is -1.81. The normalized spacial score (nSPS) is 13.3. The van der Waals surface area contributed by atoms with E-state index < -0.39 is 6.04 Å². The number of nitrogens with one attached hydrogen (secondary N) is 1. The molecule has 0 bridgehead atoms. The van der Waals surface area contributed by atoms with Gasteiger partial charge < -0.3 is 10.1 Å². The van der Waals surface area contributed by atoms with Crippen molar-refractivity contribution in [3.63, 3.8) is 0 Å². The van der Waals surface area contributed by atoms with Crippen molar-refractivity contribution >= 4 is 27.6 Å². The number of halogens is 1. The van der Waals surface area contributed by atoms with Crippen molar-refractivity contribution in [1.82, 2.24) is 0 Å². The summed E-state index contributed by atoms with van der Waals surface area (Å²) in [4.78, 5) is 12.1. The van der Waals surface area contributed by atoms with Gasteiger partial charge in [0.2, 0.25) is 0 Å². The number of rotatable bonds is 5. The summed E-state index contributed by atoms with van der Waals surface area (Å²) >= 11 is 3.49. The fraction of sp³-hybridized carbons (Fsp3) is 0.235. The second-order valence-electron chi connectivity index (χ2n) is 4.82. The van der Waals surface area contributed by atoms with E-state index in [1.807, 2.05) is 61.5 Å². The monoisotopic (exact) mass is 347 g/mol. The number of ether oxygens (including phenoxy) is 1. The molecule has 0 radical (unpaired) electrons. The van der Waals surface area contributed by atoms with Gasteiger partial charge in [0.1, 0.15) is 6.04 Å². The van der Waals surface area contributed by atoms with Gasteiger partial charge in [0.15, 0.2) is 0 Å². The number of hydrogen-bond acceptors (Lipinski definition) is 3. The minimum absolute atomic E-state index is 0.00856.